The largest absolute Gasteiger partial charge is 0.353 e. The molecule has 0 amide bonds. The smallest absolute Gasteiger partial charge is 0.249 e. The van der Waals surface area contributed by atoms with E-state index in [1.165, 1.54) is 11.1 Å². The molecule has 3 rings (SSSR count). The fourth-order valence-corrected chi connectivity index (χ4v) is 3.34. The van der Waals surface area contributed by atoms with Gasteiger partial charge in [0.1, 0.15) is 0 Å². The molecule has 0 spiro atoms. The minimum Gasteiger partial charge on any atom is -0.353 e. The fraction of sp³-hybridized carbons (Fsp3) is 0.550. The van der Waals surface area contributed by atoms with E-state index in [1.807, 2.05) is 0 Å². The average molecular weight is 355 g/mol. The van der Waals surface area contributed by atoms with Crippen molar-refractivity contribution in [2.75, 3.05) is 43.4 Å². The second kappa shape index (κ2) is 7.99. The molecule has 2 heterocycles. The molecule has 0 atom stereocenters. The van der Waals surface area contributed by atoms with E-state index < -0.39 is 0 Å². The zero-order valence-corrected chi connectivity index (χ0v) is 16.5. The van der Waals surface area contributed by atoms with Crippen LogP contribution in [0.15, 0.2) is 24.4 Å². The fourth-order valence-electron chi connectivity index (χ4n) is 3.34. The molecule has 1 fully saturated rings. The first-order chi connectivity index (χ1) is 12.5. The Bertz CT molecular complexity index is 709. The number of rotatable bonds is 5. The Labute approximate surface area is 156 Å². The molecule has 6 heteroatoms. The third-order valence-corrected chi connectivity index (χ3v) is 4.98. The molecule has 0 radical (unpaired) electrons. The highest BCUT2D eigenvalue weighted by atomic mass is 15.3. The Kier molecular flexibility index (Phi) is 5.71. The van der Waals surface area contributed by atoms with Crippen LogP contribution < -0.4 is 10.2 Å². The van der Waals surface area contributed by atoms with Gasteiger partial charge in [-0.15, -0.1) is 5.10 Å². The van der Waals surface area contributed by atoms with Gasteiger partial charge in [0, 0.05) is 31.9 Å². The molecule has 1 N–H and O–H groups in total. The van der Waals surface area contributed by atoms with Crippen molar-refractivity contribution < 1.29 is 0 Å². The Morgan fingerprint density at radius 1 is 0.962 bits per heavy atom. The number of hydrogen-bond acceptors (Lipinski definition) is 6. The van der Waals surface area contributed by atoms with Crippen LogP contribution in [0.3, 0.4) is 0 Å². The third-order valence-electron chi connectivity index (χ3n) is 4.98. The van der Waals surface area contributed by atoms with E-state index in [1.54, 1.807) is 6.20 Å². The van der Waals surface area contributed by atoms with Gasteiger partial charge in [-0.2, -0.15) is 10.1 Å². The van der Waals surface area contributed by atoms with E-state index in [0.717, 1.165) is 37.7 Å². The Morgan fingerprint density at radius 3 is 2.15 bits per heavy atom. The normalized spacial score (nSPS) is 15.7. The maximum Gasteiger partial charge on any atom is 0.249 e. The van der Waals surface area contributed by atoms with Crippen LogP contribution in [-0.2, 0) is 0 Å². The highest BCUT2D eigenvalue weighted by Gasteiger charge is 2.18. The van der Waals surface area contributed by atoms with E-state index in [9.17, 15) is 0 Å². The average Bonchev–Trinajstić information content (AvgIpc) is 2.62. The Balaban J connectivity index is 1.89. The van der Waals surface area contributed by atoms with Crippen molar-refractivity contribution in [3.8, 4) is 0 Å². The second-order valence-corrected chi connectivity index (χ2v) is 7.67. The highest BCUT2D eigenvalue weighted by Crippen LogP contribution is 2.33. The summed E-state index contributed by atoms with van der Waals surface area (Å²) in [6, 6.07) is 6.49. The summed E-state index contributed by atoms with van der Waals surface area (Å²) >= 11 is 0. The molecule has 2 aromatic rings. The maximum absolute atomic E-state index is 4.74. The highest BCUT2D eigenvalue weighted by molar-refractivity contribution is 5.65. The van der Waals surface area contributed by atoms with E-state index >= 15 is 0 Å². The third kappa shape index (κ3) is 4.12. The molecule has 1 aromatic heterocycles. The summed E-state index contributed by atoms with van der Waals surface area (Å²) < 4.78 is 0. The van der Waals surface area contributed by atoms with Gasteiger partial charge in [0.15, 0.2) is 5.82 Å². The summed E-state index contributed by atoms with van der Waals surface area (Å²) in [5.74, 6) is 2.30. The van der Waals surface area contributed by atoms with Crippen LogP contribution >= 0.6 is 0 Å². The number of para-hydroxylation sites is 1. The van der Waals surface area contributed by atoms with Gasteiger partial charge in [-0.3, -0.25) is 0 Å². The van der Waals surface area contributed by atoms with Crippen LogP contribution in [0.4, 0.5) is 17.5 Å². The molecule has 0 saturated carbocycles. The standard InChI is InChI=1S/C20H30N6/c1-14(2)16-7-6-8-17(15(3)4)19(16)23-20-22-18(13-21-24-20)26-11-9-25(5)10-12-26/h6-8,13-15H,9-12H2,1-5H3,(H,22,23,24). The summed E-state index contributed by atoms with van der Waals surface area (Å²) in [4.78, 5) is 9.35. The first-order valence-corrected chi connectivity index (χ1v) is 9.48. The summed E-state index contributed by atoms with van der Waals surface area (Å²) in [6.07, 6.45) is 1.76. The van der Waals surface area contributed by atoms with Gasteiger partial charge in [-0.25, -0.2) is 0 Å². The van der Waals surface area contributed by atoms with Gasteiger partial charge >= 0.3 is 0 Å². The van der Waals surface area contributed by atoms with Crippen molar-refractivity contribution in [1.82, 2.24) is 20.1 Å². The molecule has 140 valence electrons. The molecule has 0 bridgehead atoms. The Morgan fingerprint density at radius 2 is 1.58 bits per heavy atom. The lowest BCUT2D eigenvalue weighted by Gasteiger charge is -2.32. The molecule has 26 heavy (non-hydrogen) atoms. The topological polar surface area (TPSA) is 57.2 Å². The molecule has 1 saturated heterocycles. The lowest BCUT2D eigenvalue weighted by molar-refractivity contribution is 0.312. The summed E-state index contributed by atoms with van der Waals surface area (Å²) in [7, 11) is 2.15. The zero-order valence-electron chi connectivity index (χ0n) is 16.5. The van der Waals surface area contributed by atoms with Crippen molar-refractivity contribution in [2.45, 2.75) is 39.5 Å². The number of anilines is 3. The molecule has 0 aliphatic carbocycles. The number of hydrogen-bond donors (Lipinski definition) is 1. The minimum atomic E-state index is 0.421. The number of piperazine rings is 1. The van der Waals surface area contributed by atoms with Crippen LogP contribution in [0, 0.1) is 0 Å². The molecule has 6 nitrogen and oxygen atoms in total. The zero-order chi connectivity index (χ0) is 18.7. The van der Waals surface area contributed by atoms with Gasteiger partial charge in [0.05, 0.1) is 6.20 Å². The number of nitrogens with zero attached hydrogens (tertiary/aromatic N) is 5. The molecule has 0 unspecified atom stereocenters. The lowest BCUT2D eigenvalue weighted by atomic mass is 9.93. The first kappa shape index (κ1) is 18.6. The van der Waals surface area contributed by atoms with Crippen molar-refractivity contribution >= 4 is 17.5 Å². The number of aromatic nitrogens is 3. The maximum atomic E-state index is 4.74. The predicted molar refractivity (Wildman–Crippen MR) is 107 cm³/mol. The second-order valence-electron chi connectivity index (χ2n) is 7.67. The quantitative estimate of drug-likeness (QED) is 0.885. The lowest BCUT2D eigenvalue weighted by Crippen LogP contribution is -2.44. The number of nitrogens with one attached hydrogen (secondary N) is 1. The first-order valence-electron chi connectivity index (χ1n) is 9.48. The van der Waals surface area contributed by atoms with Gasteiger partial charge in [0.25, 0.3) is 0 Å². The van der Waals surface area contributed by atoms with Gasteiger partial charge in [-0.1, -0.05) is 45.9 Å². The van der Waals surface area contributed by atoms with E-state index in [0.29, 0.717) is 17.8 Å². The van der Waals surface area contributed by atoms with Crippen LogP contribution in [-0.4, -0.2) is 53.3 Å². The predicted octanol–water partition coefficient (Wildman–Crippen LogP) is 3.61. The van der Waals surface area contributed by atoms with Crippen molar-refractivity contribution in [3.63, 3.8) is 0 Å². The van der Waals surface area contributed by atoms with Gasteiger partial charge < -0.3 is 15.1 Å². The monoisotopic (exact) mass is 354 g/mol. The van der Waals surface area contributed by atoms with Gasteiger partial charge in [-0.05, 0) is 30.0 Å². The summed E-state index contributed by atoms with van der Waals surface area (Å²) in [5.41, 5.74) is 3.68. The van der Waals surface area contributed by atoms with Crippen molar-refractivity contribution in [1.29, 1.82) is 0 Å². The SMILES string of the molecule is CC(C)c1cccc(C(C)C)c1Nc1nncc(N2CCN(C)CC2)n1. The number of benzene rings is 1. The number of likely N-dealkylation sites (N-methyl/N-ethyl adjacent to an activating group) is 1. The van der Waals surface area contributed by atoms with Crippen LogP contribution in [0.25, 0.3) is 0 Å². The van der Waals surface area contributed by atoms with Gasteiger partial charge in [0.2, 0.25) is 5.95 Å². The molecular weight excluding hydrogens is 324 g/mol. The minimum absolute atomic E-state index is 0.421. The summed E-state index contributed by atoms with van der Waals surface area (Å²) in [6.45, 7) is 12.9. The van der Waals surface area contributed by atoms with Crippen molar-refractivity contribution in [2.24, 2.45) is 0 Å². The molecule has 1 aromatic carbocycles. The van der Waals surface area contributed by atoms with Crippen LogP contribution in [0.5, 0.6) is 0 Å². The molecule has 1 aliphatic rings. The van der Waals surface area contributed by atoms with E-state index in [-0.39, 0.29) is 0 Å². The van der Waals surface area contributed by atoms with E-state index in [2.05, 4.69) is 78.3 Å². The summed E-state index contributed by atoms with van der Waals surface area (Å²) in [5, 5.41) is 11.9. The van der Waals surface area contributed by atoms with E-state index in [4.69, 9.17) is 4.98 Å². The molecule has 1 aliphatic heterocycles. The molecular formula is C20H30N6. The van der Waals surface area contributed by atoms with Crippen LogP contribution in [0.2, 0.25) is 0 Å². The van der Waals surface area contributed by atoms with Crippen molar-refractivity contribution in [3.05, 3.63) is 35.5 Å². The Hall–Kier alpha value is -2.21. The van der Waals surface area contributed by atoms with Crippen LogP contribution in [0.1, 0.15) is 50.7 Å².